The molecular weight excluding hydrogens is 386 g/mol. The van der Waals surface area contributed by atoms with Crippen LogP contribution in [0.15, 0.2) is 60.7 Å². The maximum atomic E-state index is 13.7. The number of anilines is 1. The maximum absolute atomic E-state index is 13.7. The summed E-state index contributed by atoms with van der Waals surface area (Å²) in [5.41, 5.74) is 3.65. The van der Waals surface area contributed by atoms with Gasteiger partial charge in [-0.15, -0.1) is 0 Å². The van der Waals surface area contributed by atoms with Crippen LogP contribution in [-0.4, -0.2) is 48.5 Å². The lowest BCUT2D eigenvalue weighted by molar-refractivity contribution is 0.0730. The van der Waals surface area contributed by atoms with Gasteiger partial charge in [0, 0.05) is 38.8 Å². The Morgan fingerprint density at radius 2 is 1.84 bits per heavy atom. The van der Waals surface area contributed by atoms with Crippen molar-refractivity contribution in [1.29, 1.82) is 0 Å². The molecule has 1 N–H and O–H groups in total. The third kappa shape index (κ3) is 4.44. The zero-order valence-corrected chi connectivity index (χ0v) is 18.4. The molecule has 1 fully saturated rings. The van der Waals surface area contributed by atoms with Crippen LogP contribution < -0.4 is 10.2 Å². The molecule has 0 bridgehead atoms. The molecule has 2 heterocycles. The van der Waals surface area contributed by atoms with Crippen LogP contribution in [0.2, 0.25) is 0 Å². The quantitative estimate of drug-likeness (QED) is 0.662. The summed E-state index contributed by atoms with van der Waals surface area (Å²) in [7, 11) is 5.86. The van der Waals surface area contributed by atoms with E-state index in [-0.39, 0.29) is 11.9 Å². The molecule has 1 saturated heterocycles. The van der Waals surface area contributed by atoms with Crippen molar-refractivity contribution in [3.8, 4) is 11.1 Å². The Hall–Kier alpha value is -3.25. The summed E-state index contributed by atoms with van der Waals surface area (Å²) in [5, 5.41) is 3.16. The zero-order valence-electron chi connectivity index (χ0n) is 18.4. The number of carbonyl (C=O) groups excluding carboxylic acids is 1. The van der Waals surface area contributed by atoms with E-state index >= 15 is 0 Å². The highest BCUT2D eigenvalue weighted by Gasteiger charge is 2.34. The van der Waals surface area contributed by atoms with Gasteiger partial charge in [0.15, 0.2) is 5.82 Å². The molecule has 0 spiro atoms. The molecule has 6 heteroatoms. The molecule has 0 unspecified atom stereocenters. The standard InChI is InChI=1S/C25H29N5O/c1-26-17-19-16-23(29(2)3)28-24(27-19)22-14-9-15-30(22)25(31)21-13-8-7-12-20(21)18-10-5-4-6-11-18/h4-8,10-13,16,22,26H,9,14-15,17H2,1-3H3/t22-/m1/s1. The second-order valence-electron chi connectivity index (χ2n) is 8.07. The minimum atomic E-state index is -0.119. The minimum absolute atomic E-state index is 0.0379. The smallest absolute Gasteiger partial charge is 0.255 e. The van der Waals surface area contributed by atoms with Gasteiger partial charge < -0.3 is 15.1 Å². The highest BCUT2D eigenvalue weighted by atomic mass is 16.2. The minimum Gasteiger partial charge on any atom is -0.363 e. The van der Waals surface area contributed by atoms with Gasteiger partial charge in [-0.3, -0.25) is 4.79 Å². The van der Waals surface area contributed by atoms with Crippen LogP contribution >= 0.6 is 0 Å². The average molecular weight is 416 g/mol. The van der Waals surface area contributed by atoms with Gasteiger partial charge in [0.05, 0.1) is 11.7 Å². The van der Waals surface area contributed by atoms with Gasteiger partial charge in [0.1, 0.15) is 5.82 Å². The van der Waals surface area contributed by atoms with Crippen molar-refractivity contribution in [2.45, 2.75) is 25.4 Å². The topological polar surface area (TPSA) is 61.4 Å². The van der Waals surface area contributed by atoms with Crippen LogP contribution in [0, 0.1) is 0 Å². The predicted molar refractivity (Wildman–Crippen MR) is 124 cm³/mol. The SMILES string of the molecule is CNCc1cc(N(C)C)nc([C@H]2CCCN2C(=O)c2ccccc2-c2ccccc2)n1. The Balaban J connectivity index is 1.70. The molecule has 0 radical (unpaired) electrons. The monoisotopic (exact) mass is 415 g/mol. The molecular formula is C25H29N5O. The van der Waals surface area contributed by atoms with E-state index in [4.69, 9.17) is 9.97 Å². The number of nitrogens with one attached hydrogen (secondary N) is 1. The maximum Gasteiger partial charge on any atom is 0.255 e. The number of aromatic nitrogens is 2. The number of rotatable bonds is 6. The Labute approximate surface area is 183 Å². The summed E-state index contributed by atoms with van der Waals surface area (Å²) in [6, 6.07) is 19.8. The Morgan fingerprint density at radius 3 is 2.58 bits per heavy atom. The lowest BCUT2D eigenvalue weighted by Crippen LogP contribution is -2.32. The summed E-state index contributed by atoms with van der Waals surface area (Å²) in [6.45, 7) is 1.37. The van der Waals surface area contributed by atoms with E-state index in [9.17, 15) is 4.79 Å². The fourth-order valence-electron chi connectivity index (χ4n) is 4.12. The molecule has 1 aliphatic rings. The first-order valence-electron chi connectivity index (χ1n) is 10.7. The number of hydrogen-bond donors (Lipinski definition) is 1. The van der Waals surface area contributed by atoms with E-state index in [0.717, 1.165) is 46.9 Å². The Kier molecular flexibility index (Phi) is 6.28. The summed E-state index contributed by atoms with van der Waals surface area (Å²) in [4.78, 5) is 27.2. The molecule has 0 aliphatic carbocycles. The molecule has 1 aromatic heterocycles. The predicted octanol–water partition coefficient (Wildman–Crippen LogP) is 3.91. The zero-order chi connectivity index (χ0) is 21.8. The van der Waals surface area contributed by atoms with Gasteiger partial charge in [0.2, 0.25) is 0 Å². The lowest BCUT2D eigenvalue weighted by atomic mass is 9.98. The summed E-state index contributed by atoms with van der Waals surface area (Å²) in [5.74, 6) is 1.62. The normalized spacial score (nSPS) is 15.8. The Bertz CT molecular complexity index is 1050. The van der Waals surface area contributed by atoms with Crippen molar-refractivity contribution in [2.24, 2.45) is 0 Å². The van der Waals surface area contributed by atoms with Gasteiger partial charge in [-0.05, 0) is 37.1 Å². The average Bonchev–Trinajstić information content (AvgIpc) is 3.29. The van der Waals surface area contributed by atoms with E-state index in [1.165, 1.54) is 0 Å². The van der Waals surface area contributed by atoms with Gasteiger partial charge in [-0.25, -0.2) is 9.97 Å². The van der Waals surface area contributed by atoms with E-state index in [1.807, 2.05) is 91.6 Å². The second kappa shape index (κ2) is 9.27. The van der Waals surface area contributed by atoms with Gasteiger partial charge in [0.25, 0.3) is 5.91 Å². The summed E-state index contributed by atoms with van der Waals surface area (Å²) >= 11 is 0. The molecule has 1 aliphatic heterocycles. The van der Waals surface area contributed by atoms with E-state index in [0.29, 0.717) is 13.1 Å². The number of amides is 1. The van der Waals surface area contributed by atoms with Gasteiger partial charge in [-0.2, -0.15) is 0 Å². The Morgan fingerprint density at radius 1 is 1.10 bits per heavy atom. The van der Waals surface area contributed by atoms with Crippen molar-refractivity contribution in [3.05, 3.63) is 77.7 Å². The second-order valence-corrected chi connectivity index (χ2v) is 8.07. The van der Waals surface area contributed by atoms with Gasteiger partial charge in [-0.1, -0.05) is 48.5 Å². The highest BCUT2D eigenvalue weighted by Crippen LogP contribution is 2.34. The molecule has 0 saturated carbocycles. The summed E-state index contributed by atoms with van der Waals surface area (Å²) in [6.07, 6.45) is 1.82. The largest absolute Gasteiger partial charge is 0.363 e. The molecule has 2 aromatic carbocycles. The van der Waals surface area contributed by atoms with Crippen molar-refractivity contribution < 1.29 is 4.79 Å². The highest BCUT2D eigenvalue weighted by molar-refractivity contribution is 6.01. The third-order valence-corrected chi connectivity index (χ3v) is 5.65. The first-order valence-corrected chi connectivity index (χ1v) is 10.7. The van der Waals surface area contributed by atoms with Crippen LogP contribution in [0.25, 0.3) is 11.1 Å². The number of benzene rings is 2. The lowest BCUT2D eigenvalue weighted by Gasteiger charge is -2.26. The first-order chi connectivity index (χ1) is 15.1. The van der Waals surface area contributed by atoms with Crippen molar-refractivity contribution in [3.63, 3.8) is 0 Å². The molecule has 6 nitrogen and oxygen atoms in total. The van der Waals surface area contributed by atoms with Crippen LogP contribution in [-0.2, 0) is 6.54 Å². The van der Waals surface area contributed by atoms with Crippen LogP contribution in [0.4, 0.5) is 5.82 Å². The van der Waals surface area contributed by atoms with Crippen LogP contribution in [0.5, 0.6) is 0 Å². The van der Waals surface area contributed by atoms with Gasteiger partial charge >= 0.3 is 0 Å². The molecule has 31 heavy (non-hydrogen) atoms. The fourth-order valence-corrected chi connectivity index (χ4v) is 4.12. The molecule has 4 rings (SSSR count). The van der Waals surface area contributed by atoms with Crippen molar-refractivity contribution >= 4 is 11.7 Å². The molecule has 160 valence electrons. The van der Waals surface area contributed by atoms with E-state index in [1.54, 1.807) is 0 Å². The third-order valence-electron chi connectivity index (χ3n) is 5.65. The number of likely N-dealkylation sites (tertiary alicyclic amines) is 1. The molecule has 1 atom stereocenters. The first kappa shape index (κ1) is 21.0. The molecule has 3 aromatic rings. The van der Waals surface area contributed by atoms with Crippen molar-refractivity contribution in [2.75, 3.05) is 32.6 Å². The van der Waals surface area contributed by atoms with Crippen LogP contribution in [0.1, 0.15) is 40.8 Å². The van der Waals surface area contributed by atoms with E-state index < -0.39 is 0 Å². The van der Waals surface area contributed by atoms with Crippen molar-refractivity contribution in [1.82, 2.24) is 20.2 Å². The van der Waals surface area contributed by atoms with Crippen LogP contribution in [0.3, 0.4) is 0 Å². The summed E-state index contributed by atoms with van der Waals surface area (Å²) < 4.78 is 0. The van der Waals surface area contributed by atoms with E-state index in [2.05, 4.69) is 5.32 Å². The molecule has 1 amide bonds. The number of hydrogen-bond acceptors (Lipinski definition) is 5. The number of nitrogens with zero attached hydrogens (tertiary/aromatic N) is 4. The number of carbonyl (C=O) groups is 1. The fraction of sp³-hybridized carbons (Fsp3) is 0.320.